The van der Waals surface area contributed by atoms with Crippen LogP contribution < -0.4 is 10.6 Å². The molecule has 0 aliphatic carbocycles. The van der Waals surface area contributed by atoms with Crippen molar-refractivity contribution in [1.82, 2.24) is 9.88 Å². The lowest BCUT2D eigenvalue weighted by Gasteiger charge is -2.29. The zero-order chi connectivity index (χ0) is 27.5. The molecule has 196 valence electrons. The van der Waals surface area contributed by atoms with Gasteiger partial charge in [-0.2, -0.15) is 0 Å². The SMILES string of the molecule is Cc1ccc2c(c1)NC(=O)C(Cc1ccc(Cl)c(Cl)c1)N(Cc1ccc(C(=O)Nc3ccccn3)cc1)C2=O. The Morgan fingerprint density at radius 3 is 2.44 bits per heavy atom. The number of fused-ring (bicyclic) bond motifs is 1. The van der Waals surface area contributed by atoms with Gasteiger partial charge in [0.15, 0.2) is 0 Å². The summed E-state index contributed by atoms with van der Waals surface area (Å²) in [5, 5.41) is 6.47. The minimum absolute atomic E-state index is 0.160. The molecule has 5 rings (SSSR count). The van der Waals surface area contributed by atoms with E-state index in [9.17, 15) is 14.4 Å². The van der Waals surface area contributed by atoms with Crippen molar-refractivity contribution in [3.05, 3.63) is 123 Å². The molecule has 0 spiro atoms. The normalized spacial score (nSPS) is 14.8. The van der Waals surface area contributed by atoms with Crippen LogP contribution >= 0.6 is 23.2 Å². The van der Waals surface area contributed by atoms with Crippen molar-refractivity contribution in [2.75, 3.05) is 10.6 Å². The standard InChI is InChI=1S/C30H24Cl2N4O3/c1-18-5-11-22-25(14-18)34-29(38)26(16-20-8-12-23(31)24(32)15-20)36(30(22)39)17-19-6-9-21(10-7-19)28(37)35-27-4-2-3-13-33-27/h2-15,26H,16-17H2,1H3,(H,34,38)(H,33,35,37). The largest absolute Gasteiger partial charge is 0.324 e. The highest BCUT2D eigenvalue weighted by molar-refractivity contribution is 6.42. The number of hydrogen-bond donors (Lipinski definition) is 2. The van der Waals surface area contributed by atoms with E-state index in [4.69, 9.17) is 23.2 Å². The van der Waals surface area contributed by atoms with Crippen molar-refractivity contribution >= 4 is 52.4 Å². The zero-order valence-electron chi connectivity index (χ0n) is 20.9. The number of pyridine rings is 1. The summed E-state index contributed by atoms with van der Waals surface area (Å²) in [5.74, 6) is -0.422. The van der Waals surface area contributed by atoms with E-state index in [1.807, 2.05) is 13.0 Å². The van der Waals surface area contributed by atoms with E-state index in [0.717, 1.165) is 16.7 Å². The Kier molecular flexibility index (Phi) is 7.63. The molecule has 1 aliphatic rings. The Labute approximate surface area is 235 Å². The number of nitrogens with one attached hydrogen (secondary N) is 2. The third-order valence-electron chi connectivity index (χ3n) is 6.49. The third kappa shape index (κ3) is 5.95. The first-order valence-corrected chi connectivity index (χ1v) is 13.0. The molecule has 1 aliphatic heterocycles. The second-order valence-corrected chi connectivity index (χ2v) is 10.1. The highest BCUT2D eigenvalue weighted by atomic mass is 35.5. The molecule has 1 atom stereocenters. The average molecular weight is 559 g/mol. The van der Waals surface area contributed by atoms with Gasteiger partial charge in [-0.1, -0.05) is 53.5 Å². The molecule has 0 bridgehead atoms. The van der Waals surface area contributed by atoms with Gasteiger partial charge in [-0.3, -0.25) is 14.4 Å². The van der Waals surface area contributed by atoms with Crippen molar-refractivity contribution in [3.63, 3.8) is 0 Å². The first-order valence-electron chi connectivity index (χ1n) is 12.3. The molecule has 2 heterocycles. The Morgan fingerprint density at radius 1 is 0.949 bits per heavy atom. The number of halogens is 2. The third-order valence-corrected chi connectivity index (χ3v) is 7.23. The lowest BCUT2D eigenvalue weighted by molar-refractivity contribution is -0.120. The number of aromatic nitrogens is 1. The van der Waals surface area contributed by atoms with Crippen LogP contribution in [0.2, 0.25) is 10.0 Å². The monoisotopic (exact) mass is 558 g/mol. The van der Waals surface area contributed by atoms with Crippen LogP contribution in [0.5, 0.6) is 0 Å². The molecular formula is C30H24Cl2N4O3. The number of nitrogens with zero attached hydrogens (tertiary/aromatic N) is 2. The number of benzene rings is 3. The van der Waals surface area contributed by atoms with Gasteiger partial charge in [-0.25, -0.2) is 4.98 Å². The van der Waals surface area contributed by atoms with Crippen molar-refractivity contribution in [1.29, 1.82) is 0 Å². The van der Waals surface area contributed by atoms with E-state index in [2.05, 4.69) is 15.6 Å². The van der Waals surface area contributed by atoms with Crippen molar-refractivity contribution in [2.24, 2.45) is 0 Å². The highest BCUT2D eigenvalue weighted by Gasteiger charge is 2.35. The summed E-state index contributed by atoms with van der Waals surface area (Å²) >= 11 is 12.3. The van der Waals surface area contributed by atoms with Crippen LogP contribution in [0.15, 0.2) is 85.1 Å². The fourth-order valence-electron chi connectivity index (χ4n) is 4.46. The summed E-state index contributed by atoms with van der Waals surface area (Å²) in [6.07, 6.45) is 1.84. The van der Waals surface area contributed by atoms with Crippen molar-refractivity contribution in [3.8, 4) is 0 Å². The van der Waals surface area contributed by atoms with Gasteiger partial charge in [-0.15, -0.1) is 0 Å². The number of aryl methyl sites for hydroxylation is 1. The summed E-state index contributed by atoms with van der Waals surface area (Å²) in [6, 6.07) is 21.9. The predicted octanol–water partition coefficient (Wildman–Crippen LogP) is 6.15. The average Bonchev–Trinajstić information content (AvgIpc) is 3.01. The lowest BCUT2D eigenvalue weighted by atomic mass is 10.0. The maximum Gasteiger partial charge on any atom is 0.256 e. The molecule has 4 aromatic rings. The smallest absolute Gasteiger partial charge is 0.256 e. The molecule has 3 amide bonds. The van der Waals surface area contributed by atoms with Gasteiger partial charge in [0.1, 0.15) is 11.9 Å². The van der Waals surface area contributed by atoms with Crippen molar-refractivity contribution < 1.29 is 14.4 Å². The topological polar surface area (TPSA) is 91.4 Å². The first-order chi connectivity index (χ1) is 18.8. The van der Waals surface area contributed by atoms with E-state index in [1.165, 1.54) is 0 Å². The quantitative estimate of drug-likeness (QED) is 0.296. The Hall–Kier alpha value is -4.20. The number of amides is 3. The highest BCUT2D eigenvalue weighted by Crippen LogP contribution is 2.29. The van der Waals surface area contributed by atoms with Crippen LogP contribution in [0.3, 0.4) is 0 Å². The maximum atomic E-state index is 13.8. The summed E-state index contributed by atoms with van der Waals surface area (Å²) in [7, 11) is 0. The molecule has 1 unspecified atom stereocenters. The Morgan fingerprint density at radius 2 is 1.72 bits per heavy atom. The van der Waals surface area contributed by atoms with Crippen molar-refractivity contribution in [2.45, 2.75) is 25.9 Å². The summed E-state index contributed by atoms with van der Waals surface area (Å²) in [6.45, 7) is 2.06. The van der Waals surface area contributed by atoms with E-state index in [-0.39, 0.29) is 30.7 Å². The van der Waals surface area contributed by atoms with Crippen LogP contribution in [-0.4, -0.2) is 33.6 Å². The Balaban J connectivity index is 1.43. The summed E-state index contributed by atoms with van der Waals surface area (Å²) < 4.78 is 0. The molecule has 1 aromatic heterocycles. The van der Waals surface area contributed by atoms with Gasteiger partial charge in [0.05, 0.1) is 21.3 Å². The first kappa shape index (κ1) is 26.4. The van der Waals surface area contributed by atoms with Gasteiger partial charge in [0, 0.05) is 24.7 Å². The van der Waals surface area contributed by atoms with Crippen LogP contribution in [0.25, 0.3) is 0 Å². The lowest BCUT2D eigenvalue weighted by Crippen LogP contribution is -2.46. The number of carbonyl (C=O) groups excluding carboxylic acids is 3. The molecule has 7 nitrogen and oxygen atoms in total. The molecule has 39 heavy (non-hydrogen) atoms. The minimum Gasteiger partial charge on any atom is -0.324 e. The fraction of sp³-hybridized carbons (Fsp3) is 0.133. The van der Waals surface area contributed by atoms with Crippen LogP contribution in [-0.2, 0) is 17.8 Å². The second-order valence-electron chi connectivity index (χ2n) is 9.31. The Bertz CT molecular complexity index is 1560. The molecule has 0 saturated heterocycles. The number of anilines is 2. The number of hydrogen-bond acceptors (Lipinski definition) is 4. The van der Waals surface area contributed by atoms with Gasteiger partial charge in [0.2, 0.25) is 5.91 Å². The number of rotatable bonds is 6. The molecule has 9 heteroatoms. The molecule has 3 aromatic carbocycles. The summed E-state index contributed by atoms with van der Waals surface area (Å²) in [5.41, 5.74) is 3.80. The molecular weight excluding hydrogens is 535 g/mol. The predicted molar refractivity (Wildman–Crippen MR) is 152 cm³/mol. The van der Waals surface area contributed by atoms with Gasteiger partial charge in [-0.05, 0) is 72.1 Å². The van der Waals surface area contributed by atoms with Gasteiger partial charge >= 0.3 is 0 Å². The van der Waals surface area contributed by atoms with Crippen LogP contribution in [0.4, 0.5) is 11.5 Å². The second kappa shape index (κ2) is 11.3. The van der Waals surface area contributed by atoms with Crippen LogP contribution in [0.1, 0.15) is 37.4 Å². The fourth-order valence-corrected chi connectivity index (χ4v) is 4.78. The van der Waals surface area contributed by atoms with E-state index in [1.54, 1.807) is 83.9 Å². The zero-order valence-corrected chi connectivity index (χ0v) is 22.5. The minimum atomic E-state index is -0.811. The number of carbonyl (C=O) groups is 3. The molecule has 2 N–H and O–H groups in total. The molecule has 0 fully saturated rings. The molecule has 0 radical (unpaired) electrons. The molecule has 0 saturated carbocycles. The van der Waals surface area contributed by atoms with Crippen LogP contribution in [0, 0.1) is 6.92 Å². The van der Waals surface area contributed by atoms with E-state index >= 15 is 0 Å². The van der Waals surface area contributed by atoms with E-state index < -0.39 is 6.04 Å². The van der Waals surface area contributed by atoms with Gasteiger partial charge in [0.25, 0.3) is 11.8 Å². The maximum absolute atomic E-state index is 13.8. The summed E-state index contributed by atoms with van der Waals surface area (Å²) in [4.78, 5) is 45.6. The van der Waals surface area contributed by atoms with Gasteiger partial charge < -0.3 is 15.5 Å². The van der Waals surface area contributed by atoms with E-state index in [0.29, 0.717) is 32.7 Å².